The molecule has 124 valence electrons. The van der Waals surface area contributed by atoms with E-state index in [0.29, 0.717) is 29.9 Å². The third-order valence-electron chi connectivity index (χ3n) is 3.63. The smallest absolute Gasteiger partial charge is 0.278 e. The summed E-state index contributed by atoms with van der Waals surface area (Å²) in [5.41, 5.74) is 1.16. The SMILES string of the molecule is CCOc1ccc2nc(NC(=O)c3cc4n(n3)CCCO4)sc2c1. The second-order valence-electron chi connectivity index (χ2n) is 5.33. The Morgan fingerprint density at radius 2 is 2.38 bits per heavy atom. The molecule has 3 heterocycles. The molecule has 0 atom stereocenters. The number of aromatic nitrogens is 3. The largest absolute Gasteiger partial charge is 0.494 e. The molecule has 0 fully saturated rings. The van der Waals surface area contributed by atoms with Crippen LogP contribution in [0.25, 0.3) is 10.2 Å². The Morgan fingerprint density at radius 3 is 3.21 bits per heavy atom. The Kier molecular flexibility index (Phi) is 3.81. The van der Waals surface area contributed by atoms with Gasteiger partial charge in [-0.05, 0) is 25.1 Å². The number of nitrogens with one attached hydrogen (secondary N) is 1. The zero-order chi connectivity index (χ0) is 16.5. The number of hydrogen-bond acceptors (Lipinski definition) is 6. The van der Waals surface area contributed by atoms with E-state index in [1.165, 1.54) is 11.3 Å². The monoisotopic (exact) mass is 344 g/mol. The zero-order valence-electron chi connectivity index (χ0n) is 13.1. The van der Waals surface area contributed by atoms with Crippen LogP contribution in [-0.4, -0.2) is 33.9 Å². The highest BCUT2D eigenvalue weighted by Crippen LogP contribution is 2.29. The van der Waals surface area contributed by atoms with Crippen molar-refractivity contribution in [3.8, 4) is 11.6 Å². The van der Waals surface area contributed by atoms with Crippen molar-refractivity contribution in [1.82, 2.24) is 14.8 Å². The first-order valence-corrected chi connectivity index (χ1v) is 8.60. The molecule has 0 aliphatic carbocycles. The van der Waals surface area contributed by atoms with Crippen molar-refractivity contribution in [2.45, 2.75) is 19.9 Å². The number of aryl methyl sites for hydroxylation is 1. The lowest BCUT2D eigenvalue weighted by Crippen LogP contribution is -2.16. The molecule has 0 saturated heterocycles. The summed E-state index contributed by atoms with van der Waals surface area (Å²) in [4.78, 5) is 16.8. The molecule has 0 spiro atoms. The highest BCUT2D eigenvalue weighted by molar-refractivity contribution is 7.22. The van der Waals surface area contributed by atoms with Gasteiger partial charge in [-0.1, -0.05) is 11.3 Å². The summed E-state index contributed by atoms with van der Waals surface area (Å²) in [6.07, 6.45) is 0.899. The molecule has 3 aromatic rings. The van der Waals surface area contributed by atoms with E-state index < -0.39 is 0 Å². The fourth-order valence-corrected chi connectivity index (χ4v) is 3.44. The van der Waals surface area contributed by atoms with E-state index in [1.54, 1.807) is 10.7 Å². The second kappa shape index (κ2) is 6.12. The van der Waals surface area contributed by atoms with Crippen LogP contribution in [0, 0.1) is 0 Å². The molecule has 0 radical (unpaired) electrons. The Balaban J connectivity index is 1.54. The number of carbonyl (C=O) groups is 1. The first kappa shape index (κ1) is 14.9. The van der Waals surface area contributed by atoms with E-state index in [-0.39, 0.29) is 5.91 Å². The number of amides is 1. The molecule has 8 heteroatoms. The van der Waals surface area contributed by atoms with Crippen molar-refractivity contribution in [1.29, 1.82) is 0 Å². The van der Waals surface area contributed by atoms with Crippen molar-refractivity contribution in [2.24, 2.45) is 0 Å². The van der Waals surface area contributed by atoms with Crippen molar-refractivity contribution < 1.29 is 14.3 Å². The number of carbonyl (C=O) groups excluding carboxylic acids is 1. The third kappa shape index (κ3) is 2.80. The molecule has 1 aliphatic heterocycles. The Morgan fingerprint density at radius 1 is 1.46 bits per heavy atom. The molecular weight excluding hydrogens is 328 g/mol. The normalized spacial score (nSPS) is 13.4. The van der Waals surface area contributed by atoms with E-state index in [4.69, 9.17) is 9.47 Å². The van der Waals surface area contributed by atoms with Gasteiger partial charge < -0.3 is 9.47 Å². The van der Waals surface area contributed by atoms with Gasteiger partial charge in [0.15, 0.2) is 10.8 Å². The average molecular weight is 344 g/mol. The lowest BCUT2D eigenvalue weighted by molar-refractivity contribution is 0.102. The highest BCUT2D eigenvalue weighted by atomic mass is 32.1. The highest BCUT2D eigenvalue weighted by Gasteiger charge is 2.19. The first-order valence-electron chi connectivity index (χ1n) is 7.78. The fraction of sp³-hybridized carbons (Fsp3) is 0.312. The standard InChI is InChI=1S/C16H16N4O3S/c1-2-22-10-4-5-11-13(8-10)24-16(17-11)18-15(21)12-9-14-20(19-12)6-3-7-23-14/h4-5,8-9H,2-3,6-7H2,1H3,(H,17,18,21). The minimum Gasteiger partial charge on any atom is -0.494 e. The molecule has 4 rings (SSSR count). The predicted molar refractivity (Wildman–Crippen MR) is 91.1 cm³/mol. The van der Waals surface area contributed by atoms with Crippen LogP contribution in [0.4, 0.5) is 5.13 Å². The van der Waals surface area contributed by atoms with Crippen LogP contribution in [-0.2, 0) is 6.54 Å². The summed E-state index contributed by atoms with van der Waals surface area (Å²) in [5, 5.41) is 7.62. The van der Waals surface area contributed by atoms with Crippen molar-refractivity contribution in [3.63, 3.8) is 0 Å². The van der Waals surface area contributed by atoms with E-state index in [1.807, 2.05) is 25.1 Å². The Bertz CT molecular complexity index is 878. The molecule has 1 aliphatic rings. The number of rotatable bonds is 4. The first-order chi connectivity index (χ1) is 11.7. The molecule has 1 amide bonds. The summed E-state index contributed by atoms with van der Waals surface area (Å²) in [7, 11) is 0. The second-order valence-corrected chi connectivity index (χ2v) is 6.36. The zero-order valence-corrected chi connectivity index (χ0v) is 13.9. The predicted octanol–water partition coefficient (Wildman–Crippen LogP) is 2.93. The fourth-order valence-electron chi connectivity index (χ4n) is 2.55. The number of fused-ring (bicyclic) bond motifs is 2. The van der Waals surface area contributed by atoms with Crippen LogP contribution in [0.1, 0.15) is 23.8 Å². The molecule has 0 unspecified atom stereocenters. The third-order valence-corrected chi connectivity index (χ3v) is 4.56. The van der Waals surface area contributed by atoms with Crippen LogP contribution in [0.15, 0.2) is 24.3 Å². The van der Waals surface area contributed by atoms with Crippen LogP contribution < -0.4 is 14.8 Å². The van der Waals surface area contributed by atoms with Gasteiger partial charge in [-0.25, -0.2) is 9.67 Å². The van der Waals surface area contributed by atoms with Gasteiger partial charge in [-0.15, -0.1) is 0 Å². The van der Waals surface area contributed by atoms with E-state index in [0.717, 1.165) is 28.9 Å². The van der Waals surface area contributed by atoms with Gasteiger partial charge >= 0.3 is 0 Å². The minimum absolute atomic E-state index is 0.287. The molecular formula is C16H16N4O3S. The summed E-state index contributed by atoms with van der Waals surface area (Å²) in [6, 6.07) is 7.35. The summed E-state index contributed by atoms with van der Waals surface area (Å²) < 4.78 is 13.6. The Hall–Kier alpha value is -2.61. The maximum absolute atomic E-state index is 12.4. The van der Waals surface area contributed by atoms with Crippen molar-refractivity contribution in [3.05, 3.63) is 30.0 Å². The molecule has 2 aromatic heterocycles. The minimum atomic E-state index is -0.287. The molecule has 1 aromatic carbocycles. The van der Waals surface area contributed by atoms with E-state index >= 15 is 0 Å². The number of anilines is 1. The molecule has 0 bridgehead atoms. The number of thiazole rings is 1. The summed E-state index contributed by atoms with van der Waals surface area (Å²) >= 11 is 1.41. The lowest BCUT2D eigenvalue weighted by Gasteiger charge is -2.13. The molecule has 1 N–H and O–H groups in total. The van der Waals surface area contributed by atoms with Crippen molar-refractivity contribution >= 4 is 32.6 Å². The maximum Gasteiger partial charge on any atom is 0.278 e. The van der Waals surface area contributed by atoms with Crippen LogP contribution in [0.3, 0.4) is 0 Å². The van der Waals surface area contributed by atoms with Gasteiger partial charge in [0.25, 0.3) is 5.91 Å². The number of nitrogens with zero attached hydrogens (tertiary/aromatic N) is 3. The molecule has 7 nitrogen and oxygen atoms in total. The van der Waals surface area contributed by atoms with Crippen LogP contribution in [0.2, 0.25) is 0 Å². The van der Waals surface area contributed by atoms with Gasteiger partial charge in [0.1, 0.15) is 5.75 Å². The topological polar surface area (TPSA) is 78.3 Å². The number of ether oxygens (including phenoxy) is 2. The summed E-state index contributed by atoms with van der Waals surface area (Å²) in [6.45, 7) is 3.98. The lowest BCUT2D eigenvalue weighted by atomic mass is 10.3. The van der Waals surface area contributed by atoms with Gasteiger partial charge in [-0.3, -0.25) is 10.1 Å². The molecule has 24 heavy (non-hydrogen) atoms. The maximum atomic E-state index is 12.4. The van der Waals surface area contributed by atoms with Crippen molar-refractivity contribution in [2.75, 3.05) is 18.5 Å². The quantitative estimate of drug-likeness (QED) is 0.787. The van der Waals surface area contributed by atoms with Gasteiger partial charge in [0.2, 0.25) is 5.88 Å². The van der Waals surface area contributed by atoms with Gasteiger partial charge in [0, 0.05) is 19.0 Å². The average Bonchev–Trinajstić information content (AvgIpc) is 3.17. The van der Waals surface area contributed by atoms with Gasteiger partial charge in [-0.2, -0.15) is 5.10 Å². The van der Waals surface area contributed by atoms with Crippen LogP contribution in [0.5, 0.6) is 11.6 Å². The number of benzene rings is 1. The molecule has 0 saturated carbocycles. The number of hydrogen-bond donors (Lipinski definition) is 1. The van der Waals surface area contributed by atoms with Crippen LogP contribution >= 0.6 is 11.3 Å². The van der Waals surface area contributed by atoms with Gasteiger partial charge in [0.05, 0.1) is 23.4 Å². The van der Waals surface area contributed by atoms with E-state index in [2.05, 4.69) is 15.4 Å². The summed E-state index contributed by atoms with van der Waals surface area (Å²) in [5.74, 6) is 1.15. The van der Waals surface area contributed by atoms with E-state index in [9.17, 15) is 4.79 Å². The Labute approximate surface area is 142 Å².